The minimum Gasteiger partial charge on any atom is -0.389 e. The Morgan fingerprint density at radius 2 is 0.906 bits per heavy atom. The third kappa shape index (κ3) is 2.63. The standard InChI is InChI=1S/C28H22O4/c1-13(29)17-5-9-21-23-11-7-19(15(3)31)26-20(16(4)32)8-12-24(28(23)26)22-10-6-18(14(2)30)25(17)27(21)22/h5-13,29H,1-4H3. The highest BCUT2D eigenvalue weighted by Crippen LogP contribution is 2.44. The Kier molecular flexibility index (Phi) is 4.40. The monoisotopic (exact) mass is 422 g/mol. The summed E-state index contributed by atoms with van der Waals surface area (Å²) in [6.07, 6.45) is -0.737. The van der Waals surface area contributed by atoms with Gasteiger partial charge in [-0.25, -0.2) is 0 Å². The predicted molar refractivity (Wildman–Crippen MR) is 128 cm³/mol. The minimum atomic E-state index is -0.737. The summed E-state index contributed by atoms with van der Waals surface area (Å²) < 4.78 is 0. The van der Waals surface area contributed by atoms with Crippen molar-refractivity contribution in [2.45, 2.75) is 33.8 Å². The molecule has 1 atom stereocenters. The summed E-state index contributed by atoms with van der Waals surface area (Å²) in [5.74, 6) is -0.252. The number of fused-ring (bicyclic) bond motifs is 2. The summed E-state index contributed by atoms with van der Waals surface area (Å²) in [6, 6.07) is 15.0. The molecule has 5 aromatic carbocycles. The number of hydrogen-bond donors (Lipinski definition) is 1. The van der Waals surface area contributed by atoms with Crippen molar-refractivity contribution in [1.82, 2.24) is 0 Å². The Hall–Kier alpha value is -3.63. The van der Waals surface area contributed by atoms with E-state index in [1.54, 1.807) is 25.1 Å². The molecule has 0 aliphatic carbocycles. The molecule has 32 heavy (non-hydrogen) atoms. The van der Waals surface area contributed by atoms with Crippen molar-refractivity contribution >= 4 is 60.4 Å². The van der Waals surface area contributed by atoms with Gasteiger partial charge in [0.25, 0.3) is 0 Å². The van der Waals surface area contributed by atoms with Crippen LogP contribution < -0.4 is 0 Å². The van der Waals surface area contributed by atoms with Gasteiger partial charge in [-0.1, -0.05) is 48.5 Å². The lowest BCUT2D eigenvalue weighted by molar-refractivity contribution is 0.100. The van der Waals surface area contributed by atoms with E-state index in [4.69, 9.17) is 0 Å². The number of aliphatic hydroxyl groups is 1. The molecule has 0 aliphatic rings. The van der Waals surface area contributed by atoms with E-state index in [0.717, 1.165) is 37.7 Å². The summed E-state index contributed by atoms with van der Waals surface area (Å²) in [6.45, 7) is 6.26. The molecule has 0 saturated heterocycles. The first-order valence-corrected chi connectivity index (χ1v) is 10.6. The number of benzene rings is 5. The van der Waals surface area contributed by atoms with E-state index in [0.29, 0.717) is 27.6 Å². The Morgan fingerprint density at radius 1 is 0.562 bits per heavy atom. The van der Waals surface area contributed by atoms with Crippen LogP contribution in [0.1, 0.15) is 70.4 Å². The Labute approximate surface area is 184 Å². The molecule has 5 aromatic rings. The van der Waals surface area contributed by atoms with E-state index < -0.39 is 6.10 Å². The van der Waals surface area contributed by atoms with Crippen LogP contribution in [-0.4, -0.2) is 22.5 Å². The second-order valence-corrected chi connectivity index (χ2v) is 8.53. The first-order chi connectivity index (χ1) is 15.2. The van der Waals surface area contributed by atoms with Crippen LogP contribution in [0.2, 0.25) is 0 Å². The molecule has 0 heterocycles. The Balaban J connectivity index is 2.15. The number of hydrogen-bond acceptors (Lipinski definition) is 4. The van der Waals surface area contributed by atoms with Crippen molar-refractivity contribution in [2.24, 2.45) is 0 Å². The summed E-state index contributed by atoms with van der Waals surface area (Å²) in [5.41, 5.74) is 2.33. The van der Waals surface area contributed by atoms with Crippen molar-refractivity contribution in [3.05, 3.63) is 70.8 Å². The number of rotatable bonds is 4. The molecule has 0 aliphatic heterocycles. The van der Waals surface area contributed by atoms with Gasteiger partial charge in [0, 0.05) is 22.1 Å². The molecule has 0 radical (unpaired) electrons. The van der Waals surface area contributed by atoms with E-state index in [1.165, 1.54) is 20.8 Å². The smallest absolute Gasteiger partial charge is 0.160 e. The lowest BCUT2D eigenvalue weighted by atomic mass is 9.83. The molecule has 158 valence electrons. The maximum atomic E-state index is 12.5. The average Bonchev–Trinajstić information content (AvgIpc) is 2.75. The fourth-order valence-corrected chi connectivity index (χ4v) is 5.14. The summed E-state index contributed by atoms with van der Waals surface area (Å²) >= 11 is 0. The summed E-state index contributed by atoms with van der Waals surface area (Å²) in [5, 5.41) is 17.4. The van der Waals surface area contributed by atoms with Crippen LogP contribution in [0.3, 0.4) is 0 Å². The normalized spacial score (nSPS) is 12.8. The van der Waals surface area contributed by atoms with Crippen molar-refractivity contribution in [1.29, 1.82) is 0 Å². The van der Waals surface area contributed by atoms with E-state index in [2.05, 4.69) is 0 Å². The van der Waals surface area contributed by atoms with E-state index >= 15 is 0 Å². The van der Waals surface area contributed by atoms with Crippen molar-refractivity contribution in [3.63, 3.8) is 0 Å². The second kappa shape index (κ2) is 6.94. The van der Waals surface area contributed by atoms with Crippen LogP contribution >= 0.6 is 0 Å². The molecule has 0 bridgehead atoms. The zero-order chi connectivity index (χ0) is 22.9. The molecule has 5 rings (SSSR count). The highest BCUT2D eigenvalue weighted by molar-refractivity contribution is 6.37. The number of Topliss-reactive ketones (excluding diaryl/α,β-unsaturated/α-hetero) is 3. The average molecular weight is 422 g/mol. The second-order valence-electron chi connectivity index (χ2n) is 8.53. The molecule has 0 fully saturated rings. The number of aliphatic hydroxyl groups excluding tert-OH is 1. The topological polar surface area (TPSA) is 71.4 Å². The molecule has 1 unspecified atom stereocenters. The van der Waals surface area contributed by atoms with E-state index in [9.17, 15) is 19.5 Å². The quantitative estimate of drug-likeness (QED) is 0.207. The van der Waals surface area contributed by atoms with Gasteiger partial charge in [0.2, 0.25) is 0 Å². The Bertz CT molecular complexity index is 1550. The third-order valence-corrected chi connectivity index (χ3v) is 6.52. The van der Waals surface area contributed by atoms with Gasteiger partial charge in [-0.05, 0) is 71.0 Å². The lowest BCUT2D eigenvalue weighted by Gasteiger charge is -2.20. The third-order valence-electron chi connectivity index (χ3n) is 6.52. The first kappa shape index (κ1) is 20.3. The van der Waals surface area contributed by atoms with Crippen LogP contribution in [0.5, 0.6) is 0 Å². The number of ketones is 3. The zero-order valence-electron chi connectivity index (χ0n) is 18.4. The van der Waals surface area contributed by atoms with E-state index in [1.807, 2.05) is 30.3 Å². The summed E-state index contributed by atoms with van der Waals surface area (Å²) in [7, 11) is 0. The largest absolute Gasteiger partial charge is 0.389 e. The fourth-order valence-electron chi connectivity index (χ4n) is 5.14. The minimum absolute atomic E-state index is 0.0644. The molecule has 0 amide bonds. The summed E-state index contributed by atoms with van der Waals surface area (Å²) in [4.78, 5) is 37.4. The molecule has 4 heteroatoms. The van der Waals surface area contributed by atoms with Crippen LogP contribution in [0.15, 0.2) is 48.5 Å². The molecular weight excluding hydrogens is 400 g/mol. The van der Waals surface area contributed by atoms with Gasteiger partial charge in [0.05, 0.1) is 6.10 Å². The van der Waals surface area contributed by atoms with Crippen LogP contribution in [0.25, 0.3) is 43.1 Å². The van der Waals surface area contributed by atoms with Crippen molar-refractivity contribution in [3.8, 4) is 0 Å². The highest BCUT2D eigenvalue weighted by Gasteiger charge is 2.23. The van der Waals surface area contributed by atoms with Gasteiger partial charge in [-0.15, -0.1) is 0 Å². The maximum absolute atomic E-state index is 12.5. The van der Waals surface area contributed by atoms with Gasteiger partial charge < -0.3 is 5.11 Å². The molecule has 0 spiro atoms. The number of carbonyl (C=O) groups is 3. The molecule has 0 saturated carbocycles. The van der Waals surface area contributed by atoms with Gasteiger partial charge in [0.15, 0.2) is 17.3 Å². The van der Waals surface area contributed by atoms with Crippen molar-refractivity contribution < 1.29 is 19.5 Å². The van der Waals surface area contributed by atoms with Gasteiger partial charge in [0.1, 0.15) is 0 Å². The molecule has 1 N–H and O–H groups in total. The van der Waals surface area contributed by atoms with Gasteiger partial charge >= 0.3 is 0 Å². The van der Waals surface area contributed by atoms with E-state index in [-0.39, 0.29) is 17.3 Å². The lowest BCUT2D eigenvalue weighted by Crippen LogP contribution is -2.04. The highest BCUT2D eigenvalue weighted by atomic mass is 16.3. The zero-order valence-corrected chi connectivity index (χ0v) is 18.4. The molecule has 0 aromatic heterocycles. The molecular formula is C28H22O4. The molecule has 4 nitrogen and oxygen atoms in total. The van der Waals surface area contributed by atoms with Crippen molar-refractivity contribution in [2.75, 3.05) is 0 Å². The number of carbonyl (C=O) groups excluding carboxylic acids is 3. The maximum Gasteiger partial charge on any atom is 0.160 e. The predicted octanol–water partition coefficient (Wildman–Crippen LogP) is 6.40. The first-order valence-electron chi connectivity index (χ1n) is 10.6. The Morgan fingerprint density at radius 3 is 1.28 bits per heavy atom. The van der Waals surface area contributed by atoms with Crippen LogP contribution in [0, 0.1) is 0 Å². The van der Waals surface area contributed by atoms with Crippen LogP contribution in [-0.2, 0) is 0 Å². The van der Waals surface area contributed by atoms with Gasteiger partial charge in [-0.3, -0.25) is 14.4 Å². The fraction of sp³-hybridized carbons (Fsp3) is 0.179. The van der Waals surface area contributed by atoms with Gasteiger partial charge in [-0.2, -0.15) is 0 Å². The van der Waals surface area contributed by atoms with Crippen LogP contribution in [0.4, 0.5) is 0 Å². The SMILES string of the molecule is CC(=O)c1ccc2c3ccc(C(C)=O)c4c(C(C)O)ccc(c5ccc(C(C)=O)c1c25)c43.